The van der Waals surface area contributed by atoms with E-state index >= 15 is 0 Å². The minimum atomic E-state index is -1.10. The summed E-state index contributed by atoms with van der Waals surface area (Å²) in [6, 6.07) is 7.09. The lowest BCUT2D eigenvalue weighted by molar-refractivity contribution is 0.0685. The number of aromatic nitrogens is 1. The van der Waals surface area contributed by atoms with Crippen LogP contribution in [0.25, 0.3) is 0 Å². The second-order valence-corrected chi connectivity index (χ2v) is 4.27. The molecule has 1 aliphatic rings. The zero-order valence-corrected chi connectivity index (χ0v) is 10.5. The first-order chi connectivity index (χ1) is 9.72. The zero-order valence-electron chi connectivity index (χ0n) is 10.5. The van der Waals surface area contributed by atoms with E-state index in [1.54, 1.807) is 0 Å². The van der Waals surface area contributed by atoms with Gasteiger partial charge < -0.3 is 24.4 Å². The van der Waals surface area contributed by atoms with Crippen LogP contribution in [-0.2, 0) is 13.1 Å². The Labute approximate surface area is 114 Å². The number of carboxylic acid groups (broad SMARTS) is 1. The van der Waals surface area contributed by atoms with Crippen LogP contribution in [-0.4, -0.2) is 23.0 Å². The summed E-state index contributed by atoms with van der Waals surface area (Å²) in [5, 5.41) is 15.3. The number of fused-ring (bicyclic) bond motifs is 1. The third-order valence-corrected chi connectivity index (χ3v) is 2.84. The van der Waals surface area contributed by atoms with E-state index in [9.17, 15) is 4.79 Å². The zero-order chi connectivity index (χ0) is 13.9. The minimum absolute atomic E-state index is 0.0927. The van der Waals surface area contributed by atoms with Gasteiger partial charge in [0.15, 0.2) is 23.0 Å². The molecule has 1 aromatic heterocycles. The van der Waals surface area contributed by atoms with E-state index in [0.29, 0.717) is 18.8 Å². The lowest BCUT2D eigenvalue weighted by atomic mass is 10.2. The van der Waals surface area contributed by atoms with Crippen molar-refractivity contribution >= 4 is 5.97 Å². The van der Waals surface area contributed by atoms with Crippen molar-refractivity contribution in [2.24, 2.45) is 0 Å². The van der Waals surface area contributed by atoms with Gasteiger partial charge in [-0.15, -0.1) is 0 Å². The summed E-state index contributed by atoms with van der Waals surface area (Å²) in [6.45, 7) is 1.25. The van der Waals surface area contributed by atoms with Crippen LogP contribution in [0.15, 0.2) is 28.8 Å². The van der Waals surface area contributed by atoms with Crippen LogP contribution in [0.4, 0.5) is 0 Å². The Bertz CT molecular complexity index is 637. The Kier molecular flexibility index (Phi) is 3.26. The monoisotopic (exact) mass is 276 g/mol. The van der Waals surface area contributed by atoms with E-state index in [-0.39, 0.29) is 12.5 Å². The van der Waals surface area contributed by atoms with Crippen molar-refractivity contribution < 1.29 is 23.9 Å². The van der Waals surface area contributed by atoms with Crippen LogP contribution in [0.1, 0.15) is 21.8 Å². The summed E-state index contributed by atoms with van der Waals surface area (Å²) >= 11 is 0. The fraction of sp³-hybridized carbons (Fsp3) is 0.231. The van der Waals surface area contributed by atoms with Crippen molar-refractivity contribution in [2.75, 3.05) is 6.79 Å². The molecule has 0 fully saturated rings. The van der Waals surface area contributed by atoms with Crippen LogP contribution in [0, 0.1) is 0 Å². The number of carboxylic acids is 1. The van der Waals surface area contributed by atoms with E-state index in [2.05, 4.69) is 10.5 Å². The lowest BCUT2D eigenvalue weighted by Gasteiger charge is -2.03. The van der Waals surface area contributed by atoms with Gasteiger partial charge in [0.25, 0.3) is 0 Å². The van der Waals surface area contributed by atoms with E-state index < -0.39 is 5.97 Å². The third-order valence-electron chi connectivity index (χ3n) is 2.84. The van der Waals surface area contributed by atoms with Crippen molar-refractivity contribution in [1.82, 2.24) is 10.5 Å². The number of aromatic carboxylic acids is 1. The van der Waals surface area contributed by atoms with Gasteiger partial charge in [0.2, 0.25) is 6.79 Å². The molecule has 1 aromatic carbocycles. The van der Waals surface area contributed by atoms with Crippen LogP contribution >= 0.6 is 0 Å². The second kappa shape index (κ2) is 5.22. The Balaban J connectivity index is 1.55. The van der Waals surface area contributed by atoms with Crippen molar-refractivity contribution in [3.05, 3.63) is 41.3 Å². The highest BCUT2D eigenvalue weighted by Gasteiger charge is 2.13. The summed E-state index contributed by atoms with van der Waals surface area (Å²) in [4.78, 5) is 10.6. The smallest absolute Gasteiger partial charge is 0.358 e. The topological polar surface area (TPSA) is 93.8 Å². The molecular weight excluding hydrogens is 264 g/mol. The largest absolute Gasteiger partial charge is 0.476 e. The number of nitrogens with one attached hydrogen (secondary N) is 1. The maximum atomic E-state index is 10.6. The number of ether oxygens (including phenoxy) is 2. The molecule has 0 radical (unpaired) electrons. The molecule has 0 atom stereocenters. The average Bonchev–Trinajstić information content (AvgIpc) is 3.06. The van der Waals surface area contributed by atoms with Gasteiger partial charge >= 0.3 is 5.97 Å². The summed E-state index contributed by atoms with van der Waals surface area (Å²) < 4.78 is 15.4. The molecule has 104 valence electrons. The Morgan fingerprint density at radius 1 is 1.25 bits per heavy atom. The summed E-state index contributed by atoms with van der Waals surface area (Å²) in [7, 11) is 0. The van der Waals surface area contributed by atoms with Crippen molar-refractivity contribution in [3.8, 4) is 11.5 Å². The first-order valence-corrected chi connectivity index (χ1v) is 6.00. The van der Waals surface area contributed by atoms with E-state index in [1.807, 2.05) is 18.2 Å². The van der Waals surface area contributed by atoms with Crippen LogP contribution in [0.5, 0.6) is 11.5 Å². The highest BCUT2D eigenvalue weighted by Crippen LogP contribution is 2.32. The van der Waals surface area contributed by atoms with Gasteiger partial charge in [0.1, 0.15) is 0 Å². The number of rotatable bonds is 5. The fourth-order valence-corrected chi connectivity index (χ4v) is 1.88. The summed E-state index contributed by atoms with van der Waals surface area (Å²) in [5.74, 6) is 0.853. The number of nitrogens with zero attached hydrogens (tertiary/aromatic N) is 1. The van der Waals surface area contributed by atoms with Gasteiger partial charge in [-0.05, 0) is 17.7 Å². The molecule has 0 bridgehead atoms. The van der Waals surface area contributed by atoms with Gasteiger partial charge in [-0.3, -0.25) is 0 Å². The number of benzene rings is 1. The third kappa shape index (κ3) is 2.57. The lowest BCUT2D eigenvalue weighted by Crippen LogP contribution is -2.12. The fourth-order valence-electron chi connectivity index (χ4n) is 1.88. The van der Waals surface area contributed by atoms with Crippen molar-refractivity contribution in [3.63, 3.8) is 0 Å². The maximum Gasteiger partial charge on any atom is 0.358 e. The number of hydrogen-bond acceptors (Lipinski definition) is 6. The van der Waals surface area contributed by atoms with Crippen molar-refractivity contribution in [1.29, 1.82) is 0 Å². The van der Waals surface area contributed by atoms with Crippen molar-refractivity contribution in [2.45, 2.75) is 13.1 Å². The average molecular weight is 276 g/mol. The maximum absolute atomic E-state index is 10.6. The highest BCUT2D eigenvalue weighted by atomic mass is 16.7. The molecule has 1 aliphatic heterocycles. The molecule has 2 aromatic rings. The first-order valence-electron chi connectivity index (χ1n) is 6.00. The van der Waals surface area contributed by atoms with Gasteiger partial charge in [-0.25, -0.2) is 4.79 Å². The van der Waals surface area contributed by atoms with E-state index in [1.165, 1.54) is 6.07 Å². The Hall–Kier alpha value is -2.54. The molecular formula is C13H12N2O5. The molecule has 0 saturated heterocycles. The molecule has 3 rings (SSSR count). The minimum Gasteiger partial charge on any atom is -0.476 e. The SMILES string of the molecule is O=C(O)c1cc(CNCc2ccc3c(c2)OCO3)on1. The Morgan fingerprint density at radius 3 is 2.90 bits per heavy atom. The normalized spacial score (nSPS) is 12.6. The molecule has 2 N–H and O–H groups in total. The van der Waals surface area contributed by atoms with Gasteiger partial charge in [0.05, 0.1) is 6.54 Å². The van der Waals surface area contributed by atoms with Crippen LogP contribution < -0.4 is 14.8 Å². The second-order valence-electron chi connectivity index (χ2n) is 4.27. The first kappa shape index (κ1) is 12.5. The van der Waals surface area contributed by atoms with Crippen LogP contribution in [0.3, 0.4) is 0 Å². The van der Waals surface area contributed by atoms with Gasteiger partial charge in [-0.1, -0.05) is 11.2 Å². The molecule has 2 heterocycles. The van der Waals surface area contributed by atoms with Gasteiger partial charge in [0, 0.05) is 12.6 Å². The quantitative estimate of drug-likeness (QED) is 0.852. The molecule has 0 unspecified atom stereocenters. The molecule has 0 amide bonds. The summed E-state index contributed by atoms with van der Waals surface area (Å²) in [6.07, 6.45) is 0. The highest BCUT2D eigenvalue weighted by molar-refractivity contribution is 5.85. The molecule has 0 aliphatic carbocycles. The molecule has 0 spiro atoms. The van der Waals surface area contributed by atoms with E-state index in [0.717, 1.165) is 17.1 Å². The van der Waals surface area contributed by atoms with Crippen LogP contribution in [0.2, 0.25) is 0 Å². The Morgan fingerprint density at radius 2 is 2.10 bits per heavy atom. The predicted molar refractivity (Wildman–Crippen MR) is 66.6 cm³/mol. The number of hydrogen-bond donors (Lipinski definition) is 2. The molecule has 7 nitrogen and oxygen atoms in total. The summed E-state index contributed by atoms with van der Waals surface area (Å²) in [5.41, 5.74) is 0.942. The molecule has 0 saturated carbocycles. The van der Waals surface area contributed by atoms with E-state index in [4.69, 9.17) is 19.1 Å². The molecule has 20 heavy (non-hydrogen) atoms. The number of carbonyl (C=O) groups is 1. The standard InChI is InChI=1S/C13H12N2O5/c16-13(17)10-4-9(20-15-10)6-14-5-8-1-2-11-12(3-8)19-7-18-11/h1-4,14H,5-7H2,(H,16,17). The van der Waals surface area contributed by atoms with Gasteiger partial charge in [-0.2, -0.15) is 0 Å². The predicted octanol–water partition coefficient (Wildman–Crippen LogP) is 1.39. The molecule has 7 heteroatoms.